The van der Waals surface area contributed by atoms with Gasteiger partial charge in [0.25, 0.3) is 0 Å². The standard InChI is InChI=1S/C15H22N2O4.H3O4P/c18-11-5-10-16-14(19)8-4-9-17-15(20)21-12-13-6-2-1-3-7-13;1-5(2,3)4/h1-3,6-7,18H,4-5,8-12H2,(H,16,19)(H,17,20);(H3,1,2,3,4). The lowest BCUT2D eigenvalue weighted by atomic mass is 10.2. The van der Waals surface area contributed by atoms with E-state index in [1.165, 1.54) is 0 Å². The number of nitrogens with one attached hydrogen (secondary N) is 2. The van der Waals surface area contributed by atoms with Crippen molar-refractivity contribution in [2.24, 2.45) is 0 Å². The highest BCUT2D eigenvalue weighted by Crippen LogP contribution is 2.25. The molecule has 0 aromatic heterocycles. The van der Waals surface area contributed by atoms with Crippen LogP contribution in [0.4, 0.5) is 4.79 Å². The van der Waals surface area contributed by atoms with E-state index in [0.717, 1.165) is 5.56 Å². The second-order valence-electron chi connectivity index (χ2n) is 5.03. The van der Waals surface area contributed by atoms with Crippen LogP contribution in [-0.4, -0.2) is 51.5 Å². The fourth-order valence-corrected chi connectivity index (χ4v) is 1.61. The second-order valence-corrected chi connectivity index (χ2v) is 6.06. The zero-order valence-corrected chi connectivity index (χ0v) is 15.1. The molecular formula is C15H25N2O8P. The second kappa shape index (κ2) is 14.2. The van der Waals surface area contributed by atoms with Crippen LogP contribution in [-0.2, 0) is 20.7 Å². The molecule has 0 heterocycles. The third-order valence-corrected chi connectivity index (χ3v) is 2.72. The fraction of sp³-hybridized carbons (Fsp3) is 0.467. The Morgan fingerprint density at radius 1 is 1.00 bits per heavy atom. The number of aliphatic hydroxyl groups excluding tert-OH is 1. The summed E-state index contributed by atoms with van der Waals surface area (Å²) in [6.45, 7) is 1.16. The molecule has 26 heavy (non-hydrogen) atoms. The van der Waals surface area contributed by atoms with E-state index in [-0.39, 0.29) is 19.1 Å². The third-order valence-electron chi connectivity index (χ3n) is 2.72. The van der Waals surface area contributed by atoms with E-state index in [9.17, 15) is 9.59 Å². The summed E-state index contributed by atoms with van der Waals surface area (Å²) in [7, 11) is -4.64. The van der Waals surface area contributed by atoms with Crippen molar-refractivity contribution >= 4 is 19.8 Å². The van der Waals surface area contributed by atoms with E-state index in [4.69, 9.17) is 29.1 Å². The van der Waals surface area contributed by atoms with E-state index < -0.39 is 13.9 Å². The lowest BCUT2D eigenvalue weighted by Gasteiger charge is -2.07. The lowest BCUT2D eigenvalue weighted by molar-refractivity contribution is -0.121. The van der Waals surface area contributed by atoms with Crippen molar-refractivity contribution in [3.63, 3.8) is 0 Å². The Bertz CT molecular complexity index is 556. The Morgan fingerprint density at radius 2 is 1.58 bits per heavy atom. The summed E-state index contributed by atoms with van der Waals surface area (Å²) in [5.74, 6) is -0.0806. The molecule has 11 heteroatoms. The number of aliphatic hydroxyl groups is 1. The zero-order chi connectivity index (χ0) is 19.8. The molecule has 0 unspecified atom stereocenters. The molecule has 10 nitrogen and oxygen atoms in total. The molecular weight excluding hydrogens is 367 g/mol. The van der Waals surface area contributed by atoms with Crippen LogP contribution >= 0.6 is 7.82 Å². The van der Waals surface area contributed by atoms with Gasteiger partial charge < -0.3 is 35.2 Å². The summed E-state index contributed by atoms with van der Waals surface area (Å²) in [6.07, 6.45) is 0.950. The molecule has 1 aromatic rings. The van der Waals surface area contributed by atoms with Gasteiger partial charge in [-0.2, -0.15) is 0 Å². The van der Waals surface area contributed by atoms with Crippen molar-refractivity contribution in [1.82, 2.24) is 10.6 Å². The molecule has 0 radical (unpaired) electrons. The lowest BCUT2D eigenvalue weighted by Crippen LogP contribution is -2.28. The van der Waals surface area contributed by atoms with Crippen LogP contribution in [0.3, 0.4) is 0 Å². The molecule has 0 aliphatic carbocycles. The number of amides is 2. The van der Waals surface area contributed by atoms with Gasteiger partial charge in [-0.25, -0.2) is 9.36 Å². The molecule has 2 amide bonds. The molecule has 0 saturated heterocycles. The first kappa shape index (κ1) is 24.0. The van der Waals surface area contributed by atoms with E-state index in [1.54, 1.807) is 0 Å². The van der Waals surface area contributed by atoms with E-state index in [0.29, 0.717) is 32.4 Å². The number of benzene rings is 1. The topological polar surface area (TPSA) is 165 Å². The molecule has 0 fully saturated rings. The van der Waals surface area contributed by atoms with Crippen molar-refractivity contribution in [2.75, 3.05) is 19.7 Å². The minimum absolute atomic E-state index is 0.0646. The molecule has 1 aromatic carbocycles. The monoisotopic (exact) mass is 392 g/mol. The van der Waals surface area contributed by atoms with Crippen LogP contribution in [0, 0.1) is 0 Å². The number of alkyl carbamates (subject to hydrolysis) is 1. The highest BCUT2D eigenvalue weighted by atomic mass is 31.2. The highest BCUT2D eigenvalue weighted by Gasteiger charge is 2.04. The number of hydrogen-bond acceptors (Lipinski definition) is 5. The Kier molecular flexibility index (Phi) is 13.1. The predicted octanol–water partition coefficient (Wildman–Crippen LogP) is 0.263. The third kappa shape index (κ3) is 18.4. The summed E-state index contributed by atoms with van der Waals surface area (Å²) in [6, 6.07) is 9.42. The molecule has 6 N–H and O–H groups in total. The van der Waals surface area contributed by atoms with Crippen molar-refractivity contribution < 1.29 is 38.7 Å². The minimum Gasteiger partial charge on any atom is -0.445 e. The summed E-state index contributed by atoms with van der Waals surface area (Å²) < 4.78 is 13.9. The van der Waals surface area contributed by atoms with Crippen molar-refractivity contribution in [3.8, 4) is 0 Å². The maximum absolute atomic E-state index is 11.4. The molecule has 0 aliphatic rings. The van der Waals surface area contributed by atoms with Gasteiger partial charge in [0.05, 0.1) is 0 Å². The maximum atomic E-state index is 11.4. The number of rotatable bonds is 9. The van der Waals surface area contributed by atoms with E-state index in [2.05, 4.69) is 10.6 Å². The van der Waals surface area contributed by atoms with Crippen molar-refractivity contribution in [1.29, 1.82) is 0 Å². The maximum Gasteiger partial charge on any atom is 0.466 e. The van der Waals surface area contributed by atoms with Crippen LogP contribution < -0.4 is 10.6 Å². The predicted molar refractivity (Wildman–Crippen MR) is 92.8 cm³/mol. The van der Waals surface area contributed by atoms with Gasteiger partial charge in [-0.15, -0.1) is 0 Å². The summed E-state index contributed by atoms with van der Waals surface area (Å²) in [5, 5.41) is 13.8. The van der Waals surface area contributed by atoms with Crippen LogP contribution in [0.15, 0.2) is 30.3 Å². The molecule has 148 valence electrons. The number of carbonyl (C=O) groups is 2. The molecule has 0 spiro atoms. The Balaban J connectivity index is 0.00000110. The first-order valence-electron chi connectivity index (χ1n) is 7.82. The van der Waals surface area contributed by atoms with Gasteiger partial charge >= 0.3 is 13.9 Å². The molecule has 1 rings (SSSR count). The van der Waals surface area contributed by atoms with E-state index >= 15 is 0 Å². The van der Waals surface area contributed by atoms with Crippen molar-refractivity contribution in [2.45, 2.75) is 25.9 Å². The molecule has 0 saturated carbocycles. The van der Waals surface area contributed by atoms with Gasteiger partial charge in [-0.05, 0) is 18.4 Å². The fourth-order valence-electron chi connectivity index (χ4n) is 1.61. The quantitative estimate of drug-likeness (QED) is 0.257. The zero-order valence-electron chi connectivity index (χ0n) is 14.2. The van der Waals surface area contributed by atoms with Crippen LogP contribution in [0.2, 0.25) is 0 Å². The normalized spacial score (nSPS) is 10.3. The molecule has 0 bridgehead atoms. The van der Waals surface area contributed by atoms with Gasteiger partial charge in [0.15, 0.2) is 0 Å². The van der Waals surface area contributed by atoms with Crippen molar-refractivity contribution in [3.05, 3.63) is 35.9 Å². The first-order valence-corrected chi connectivity index (χ1v) is 9.39. The van der Waals surface area contributed by atoms with Gasteiger partial charge in [0.1, 0.15) is 6.61 Å². The number of ether oxygens (including phenoxy) is 1. The summed E-state index contributed by atoms with van der Waals surface area (Å²) in [5.41, 5.74) is 0.927. The number of carbonyl (C=O) groups excluding carboxylic acids is 2. The van der Waals surface area contributed by atoms with Gasteiger partial charge in [0, 0.05) is 26.1 Å². The van der Waals surface area contributed by atoms with E-state index in [1.807, 2.05) is 30.3 Å². The average molecular weight is 392 g/mol. The summed E-state index contributed by atoms with van der Waals surface area (Å²) in [4.78, 5) is 44.3. The Hall–Kier alpha value is -1.97. The first-order chi connectivity index (χ1) is 12.2. The van der Waals surface area contributed by atoms with Gasteiger partial charge in [-0.3, -0.25) is 4.79 Å². The minimum atomic E-state index is -4.64. The average Bonchev–Trinajstić information content (AvgIpc) is 2.56. The number of phosphoric acid groups is 1. The molecule has 0 aliphatic heterocycles. The Labute approximate surface area is 151 Å². The van der Waals surface area contributed by atoms with Gasteiger partial charge in [0.2, 0.25) is 5.91 Å². The molecule has 0 atom stereocenters. The largest absolute Gasteiger partial charge is 0.466 e. The SMILES string of the molecule is O=C(CCCNC(=O)OCc1ccccc1)NCCCO.O=P(O)(O)O. The van der Waals surface area contributed by atoms with Crippen LogP contribution in [0.25, 0.3) is 0 Å². The Morgan fingerprint density at radius 3 is 2.15 bits per heavy atom. The van der Waals surface area contributed by atoms with Crippen LogP contribution in [0.5, 0.6) is 0 Å². The number of hydrogen-bond donors (Lipinski definition) is 6. The summed E-state index contributed by atoms with van der Waals surface area (Å²) >= 11 is 0. The van der Waals surface area contributed by atoms with Gasteiger partial charge in [-0.1, -0.05) is 30.3 Å². The van der Waals surface area contributed by atoms with Crippen LogP contribution in [0.1, 0.15) is 24.8 Å². The smallest absolute Gasteiger partial charge is 0.445 e. The highest BCUT2D eigenvalue weighted by molar-refractivity contribution is 7.45.